The Bertz CT molecular complexity index is 398. The summed E-state index contributed by atoms with van der Waals surface area (Å²) in [5, 5.41) is 3.18. The molecule has 0 spiro atoms. The molecule has 1 aromatic carbocycles. The molecular formula is C13H15NO2. The molecule has 1 heterocycles. The normalized spacial score (nSPS) is 20.1. The zero-order chi connectivity index (χ0) is 11.4. The Kier molecular flexibility index (Phi) is 3.37. The second-order valence-electron chi connectivity index (χ2n) is 3.79. The summed E-state index contributed by atoms with van der Waals surface area (Å²) < 4.78 is 4.70. The highest BCUT2D eigenvalue weighted by Gasteiger charge is 2.21. The van der Waals surface area contributed by atoms with Gasteiger partial charge in [-0.25, -0.2) is 0 Å². The molecule has 2 rings (SSSR count). The molecule has 1 atom stereocenters. The highest BCUT2D eigenvalue weighted by atomic mass is 16.5. The van der Waals surface area contributed by atoms with E-state index in [2.05, 4.69) is 23.5 Å². The average molecular weight is 217 g/mol. The summed E-state index contributed by atoms with van der Waals surface area (Å²) in [4.78, 5) is 11.3. The van der Waals surface area contributed by atoms with Gasteiger partial charge in [0.05, 0.1) is 7.11 Å². The molecule has 0 aromatic heterocycles. The molecule has 0 amide bonds. The van der Waals surface area contributed by atoms with Crippen molar-refractivity contribution >= 4 is 11.5 Å². The summed E-state index contributed by atoms with van der Waals surface area (Å²) in [6.45, 7) is 0.712. The Balaban J connectivity index is 2.07. The van der Waals surface area contributed by atoms with Crippen molar-refractivity contribution in [3.05, 3.63) is 42.0 Å². The van der Waals surface area contributed by atoms with Crippen molar-refractivity contribution < 1.29 is 9.53 Å². The number of hydrogen-bond donors (Lipinski definition) is 1. The molecule has 16 heavy (non-hydrogen) atoms. The molecule has 1 N–H and O–H groups in total. The number of carbonyl (C=O) groups excluding carboxylic acids is 1. The van der Waals surface area contributed by atoms with Crippen LogP contribution in [0.4, 0.5) is 0 Å². The fourth-order valence-electron chi connectivity index (χ4n) is 1.84. The van der Waals surface area contributed by atoms with Gasteiger partial charge in [0, 0.05) is 6.54 Å². The van der Waals surface area contributed by atoms with Crippen LogP contribution in [-0.2, 0) is 9.53 Å². The lowest BCUT2D eigenvalue weighted by atomic mass is 9.99. The van der Waals surface area contributed by atoms with E-state index in [0.717, 1.165) is 0 Å². The van der Waals surface area contributed by atoms with Crippen molar-refractivity contribution in [2.75, 3.05) is 13.7 Å². The van der Waals surface area contributed by atoms with Gasteiger partial charge in [0.25, 0.3) is 0 Å². The first-order valence-electron chi connectivity index (χ1n) is 5.37. The number of esters is 1. The lowest BCUT2D eigenvalue weighted by Gasteiger charge is -2.21. The van der Waals surface area contributed by atoms with Gasteiger partial charge in [-0.3, -0.25) is 4.79 Å². The molecule has 0 fully saturated rings. The van der Waals surface area contributed by atoms with Crippen molar-refractivity contribution in [2.45, 2.75) is 12.5 Å². The van der Waals surface area contributed by atoms with Gasteiger partial charge in [0.1, 0.15) is 6.04 Å². The Morgan fingerprint density at radius 3 is 2.69 bits per heavy atom. The van der Waals surface area contributed by atoms with Crippen molar-refractivity contribution in [3.8, 4) is 0 Å². The van der Waals surface area contributed by atoms with Gasteiger partial charge < -0.3 is 10.1 Å². The third-order valence-corrected chi connectivity index (χ3v) is 2.77. The summed E-state index contributed by atoms with van der Waals surface area (Å²) in [5.41, 5.74) is 2.44. The summed E-state index contributed by atoms with van der Waals surface area (Å²) in [5.74, 6) is -0.191. The van der Waals surface area contributed by atoms with Gasteiger partial charge in [0.2, 0.25) is 0 Å². The summed E-state index contributed by atoms with van der Waals surface area (Å²) >= 11 is 0. The quantitative estimate of drug-likeness (QED) is 0.765. The highest BCUT2D eigenvalue weighted by molar-refractivity contribution is 5.78. The fraction of sp³-hybridized carbons (Fsp3) is 0.308. The molecule has 3 heteroatoms. The number of hydrogen-bond acceptors (Lipinski definition) is 3. The largest absolute Gasteiger partial charge is 0.468 e. The Morgan fingerprint density at radius 2 is 2.12 bits per heavy atom. The van der Waals surface area contributed by atoms with E-state index >= 15 is 0 Å². The second-order valence-corrected chi connectivity index (χ2v) is 3.79. The zero-order valence-corrected chi connectivity index (χ0v) is 9.27. The Morgan fingerprint density at radius 1 is 1.38 bits per heavy atom. The third-order valence-electron chi connectivity index (χ3n) is 2.77. The summed E-state index contributed by atoms with van der Waals surface area (Å²) in [7, 11) is 1.42. The molecule has 0 saturated heterocycles. The molecule has 0 saturated carbocycles. The molecule has 0 aliphatic carbocycles. The van der Waals surface area contributed by atoms with Crippen LogP contribution in [0, 0.1) is 0 Å². The number of carbonyl (C=O) groups is 1. The van der Waals surface area contributed by atoms with E-state index in [1.165, 1.54) is 18.2 Å². The van der Waals surface area contributed by atoms with Crippen LogP contribution in [0.25, 0.3) is 5.57 Å². The smallest absolute Gasteiger partial charge is 0.323 e. The second kappa shape index (κ2) is 4.94. The van der Waals surface area contributed by atoms with Gasteiger partial charge in [-0.05, 0) is 17.6 Å². The number of methoxy groups -OCH3 is 1. The van der Waals surface area contributed by atoms with Crippen molar-refractivity contribution in [2.24, 2.45) is 0 Å². The van der Waals surface area contributed by atoms with Crippen LogP contribution in [0.5, 0.6) is 0 Å². The minimum absolute atomic E-state index is 0.191. The summed E-state index contributed by atoms with van der Waals surface area (Å²) in [6, 6.07) is 9.98. The van der Waals surface area contributed by atoms with Gasteiger partial charge in [-0.15, -0.1) is 0 Å². The number of ether oxygens (including phenoxy) is 1. The molecule has 1 unspecified atom stereocenters. The number of rotatable bonds is 2. The van der Waals surface area contributed by atoms with E-state index in [9.17, 15) is 4.79 Å². The molecule has 0 bridgehead atoms. The van der Waals surface area contributed by atoms with Crippen LogP contribution in [-0.4, -0.2) is 25.7 Å². The van der Waals surface area contributed by atoms with Crippen molar-refractivity contribution in [1.82, 2.24) is 5.32 Å². The van der Waals surface area contributed by atoms with E-state index < -0.39 is 0 Å². The van der Waals surface area contributed by atoms with Crippen molar-refractivity contribution in [3.63, 3.8) is 0 Å². The lowest BCUT2D eigenvalue weighted by Crippen LogP contribution is -2.40. The average Bonchev–Trinajstić information content (AvgIpc) is 2.39. The topological polar surface area (TPSA) is 38.3 Å². The lowest BCUT2D eigenvalue weighted by molar-refractivity contribution is -0.143. The minimum atomic E-state index is -0.197. The standard InChI is InChI=1S/C13H15NO2/c1-16-13(15)12-8-7-11(9-14-12)10-5-3-2-4-6-10/h2-7,12,14H,8-9H2,1H3. The first-order chi connectivity index (χ1) is 7.81. The maximum Gasteiger partial charge on any atom is 0.323 e. The van der Waals surface area contributed by atoms with Gasteiger partial charge in [-0.2, -0.15) is 0 Å². The molecule has 84 valence electrons. The van der Waals surface area contributed by atoms with Gasteiger partial charge >= 0.3 is 5.97 Å². The van der Waals surface area contributed by atoms with E-state index in [0.29, 0.717) is 13.0 Å². The first-order valence-corrected chi connectivity index (χ1v) is 5.37. The van der Waals surface area contributed by atoms with Crippen LogP contribution in [0.2, 0.25) is 0 Å². The Labute approximate surface area is 95.1 Å². The zero-order valence-electron chi connectivity index (χ0n) is 9.27. The molecule has 3 nitrogen and oxygen atoms in total. The van der Waals surface area contributed by atoms with Crippen molar-refractivity contribution in [1.29, 1.82) is 0 Å². The van der Waals surface area contributed by atoms with E-state index in [4.69, 9.17) is 4.74 Å². The van der Waals surface area contributed by atoms with E-state index in [-0.39, 0.29) is 12.0 Å². The maximum atomic E-state index is 11.3. The highest BCUT2D eigenvalue weighted by Crippen LogP contribution is 2.18. The third kappa shape index (κ3) is 2.31. The molecule has 1 aliphatic heterocycles. The SMILES string of the molecule is COC(=O)C1CC=C(c2ccccc2)CN1. The predicted octanol–water partition coefficient (Wildman–Crippen LogP) is 1.60. The van der Waals surface area contributed by atoms with E-state index in [1.54, 1.807) is 0 Å². The molecule has 0 radical (unpaired) electrons. The summed E-state index contributed by atoms with van der Waals surface area (Å²) in [6.07, 6.45) is 2.80. The van der Waals surface area contributed by atoms with Gasteiger partial charge in [-0.1, -0.05) is 36.4 Å². The fourth-order valence-corrected chi connectivity index (χ4v) is 1.84. The van der Waals surface area contributed by atoms with Crippen LogP contribution < -0.4 is 5.32 Å². The van der Waals surface area contributed by atoms with Gasteiger partial charge in [0.15, 0.2) is 0 Å². The van der Waals surface area contributed by atoms with Crippen LogP contribution >= 0.6 is 0 Å². The van der Waals surface area contributed by atoms with E-state index in [1.807, 2.05) is 18.2 Å². The molecule has 1 aromatic rings. The Hall–Kier alpha value is -1.61. The van der Waals surface area contributed by atoms with Crippen LogP contribution in [0.1, 0.15) is 12.0 Å². The first kappa shape index (κ1) is 10.9. The predicted molar refractivity (Wildman–Crippen MR) is 62.8 cm³/mol. The van der Waals surface area contributed by atoms with Crippen LogP contribution in [0.3, 0.4) is 0 Å². The molecular weight excluding hydrogens is 202 g/mol. The number of nitrogens with one attached hydrogen (secondary N) is 1. The number of benzene rings is 1. The monoisotopic (exact) mass is 217 g/mol. The van der Waals surface area contributed by atoms with Crippen LogP contribution in [0.15, 0.2) is 36.4 Å². The maximum absolute atomic E-state index is 11.3. The minimum Gasteiger partial charge on any atom is -0.468 e. The molecule has 1 aliphatic rings.